The Labute approximate surface area is 86.5 Å². The molecule has 0 aliphatic carbocycles. The van der Waals surface area contributed by atoms with Crippen molar-refractivity contribution in [1.29, 1.82) is 0 Å². The van der Waals surface area contributed by atoms with Crippen LogP contribution in [0.15, 0.2) is 12.1 Å². The van der Waals surface area contributed by atoms with Gasteiger partial charge in [-0.1, -0.05) is 0 Å². The van der Waals surface area contributed by atoms with E-state index in [0.29, 0.717) is 18.8 Å². The Bertz CT molecular complexity index is 337. The first-order valence-corrected chi connectivity index (χ1v) is 4.94. The van der Waals surface area contributed by atoms with Gasteiger partial charge in [0.15, 0.2) is 17.4 Å². The summed E-state index contributed by atoms with van der Waals surface area (Å²) in [6, 6.07) is 2.46. The minimum absolute atomic E-state index is 0.153. The number of phenols is 1. The van der Waals surface area contributed by atoms with Crippen molar-refractivity contribution >= 4 is 0 Å². The Morgan fingerprint density at radius 1 is 1.20 bits per heavy atom. The molecule has 4 heteroatoms. The van der Waals surface area contributed by atoms with Crippen molar-refractivity contribution in [3.8, 4) is 5.75 Å². The normalized spacial score (nSPS) is 18.0. The second-order valence-electron chi connectivity index (χ2n) is 3.72. The predicted molar refractivity (Wildman–Crippen MR) is 50.8 cm³/mol. The molecule has 1 aliphatic heterocycles. The number of aromatic hydroxyl groups is 1. The van der Waals surface area contributed by atoms with Crippen molar-refractivity contribution in [3.63, 3.8) is 0 Å². The van der Waals surface area contributed by atoms with E-state index >= 15 is 0 Å². The summed E-state index contributed by atoms with van der Waals surface area (Å²) in [5.41, 5.74) is 0.648. The van der Waals surface area contributed by atoms with Crippen molar-refractivity contribution in [2.45, 2.75) is 18.8 Å². The van der Waals surface area contributed by atoms with Crippen LogP contribution in [-0.2, 0) is 4.74 Å². The minimum atomic E-state index is -1.18. The van der Waals surface area contributed by atoms with Crippen LogP contribution in [0.5, 0.6) is 5.75 Å². The minimum Gasteiger partial charge on any atom is -0.505 e. The Kier molecular flexibility index (Phi) is 2.86. The van der Waals surface area contributed by atoms with Crippen molar-refractivity contribution < 1.29 is 18.6 Å². The van der Waals surface area contributed by atoms with Crippen LogP contribution in [0.4, 0.5) is 8.78 Å². The highest BCUT2D eigenvalue weighted by molar-refractivity contribution is 5.32. The van der Waals surface area contributed by atoms with Crippen LogP contribution in [0, 0.1) is 11.6 Å². The zero-order valence-electron chi connectivity index (χ0n) is 8.17. The van der Waals surface area contributed by atoms with E-state index in [4.69, 9.17) is 9.84 Å². The van der Waals surface area contributed by atoms with E-state index < -0.39 is 17.4 Å². The van der Waals surface area contributed by atoms with Crippen molar-refractivity contribution in [1.82, 2.24) is 0 Å². The molecule has 2 rings (SSSR count). The largest absolute Gasteiger partial charge is 0.505 e. The number of hydrogen-bond acceptors (Lipinski definition) is 2. The van der Waals surface area contributed by atoms with Gasteiger partial charge >= 0.3 is 0 Å². The maximum atomic E-state index is 13.0. The molecule has 82 valence electrons. The molecule has 1 aromatic rings. The molecule has 1 aromatic carbocycles. The smallest absolute Gasteiger partial charge is 0.200 e. The van der Waals surface area contributed by atoms with Gasteiger partial charge in [-0.3, -0.25) is 0 Å². The molecule has 2 nitrogen and oxygen atoms in total. The molecule has 1 saturated heterocycles. The van der Waals surface area contributed by atoms with E-state index in [9.17, 15) is 8.78 Å². The third-order valence-corrected chi connectivity index (χ3v) is 2.72. The standard InChI is InChI=1S/C11H12F2O2/c12-9-5-8(6-10(14)11(9)13)7-1-3-15-4-2-7/h5-7,14H,1-4H2. The summed E-state index contributed by atoms with van der Waals surface area (Å²) in [4.78, 5) is 0. The first-order chi connectivity index (χ1) is 7.18. The molecule has 0 aromatic heterocycles. The number of halogens is 2. The summed E-state index contributed by atoms with van der Waals surface area (Å²) in [5, 5.41) is 9.17. The molecule has 0 unspecified atom stereocenters. The monoisotopic (exact) mass is 214 g/mol. The predicted octanol–water partition coefficient (Wildman–Crippen LogP) is 2.56. The number of rotatable bonds is 1. The lowest BCUT2D eigenvalue weighted by Crippen LogP contribution is -2.14. The van der Waals surface area contributed by atoms with Gasteiger partial charge < -0.3 is 9.84 Å². The van der Waals surface area contributed by atoms with Crippen LogP contribution >= 0.6 is 0 Å². The fraction of sp³-hybridized carbons (Fsp3) is 0.455. The summed E-state index contributed by atoms with van der Waals surface area (Å²) >= 11 is 0. The SMILES string of the molecule is Oc1cc(C2CCOCC2)cc(F)c1F. The molecular weight excluding hydrogens is 202 g/mol. The first-order valence-electron chi connectivity index (χ1n) is 4.94. The lowest BCUT2D eigenvalue weighted by Gasteiger charge is -2.22. The van der Waals surface area contributed by atoms with Gasteiger partial charge in [0.2, 0.25) is 0 Å². The second-order valence-corrected chi connectivity index (χ2v) is 3.72. The number of hydrogen-bond donors (Lipinski definition) is 1. The Morgan fingerprint density at radius 2 is 1.87 bits per heavy atom. The number of benzene rings is 1. The summed E-state index contributed by atoms with van der Waals surface area (Å²) in [6.45, 7) is 1.26. The molecule has 0 bridgehead atoms. The summed E-state index contributed by atoms with van der Waals surface area (Å²) in [7, 11) is 0. The van der Waals surface area contributed by atoms with Gasteiger partial charge in [-0.15, -0.1) is 0 Å². The molecule has 1 N–H and O–H groups in total. The molecule has 0 saturated carbocycles. The van der Waals surface area contributed by atoms with E-state index in [2.05, 4.69) is 0 Å². The van der Waals surface area contributed by atoms with Crippen molar-refractivity contribution in [2.24, 2.45) is 0 Å². The first kappa shape index (κ1) is 10.4. The van der Waals surface area contributed by atoms with Gasteiger partial charge in [0.1, 0.15) is 0 Å². The molecule has 1 heterocycles. The molecule has 0 atom stereocenters. The lowest BCUT2D eigenvalue weighted by molar-refractivity contribution is 0.0852. The molecule has 0 spiro atoms. The van der Waals surface area contributed by atoms with Crippen LogP contribution in [0.2, 0.25) is 0 Å². The third kappa shape index (κ3) is 2.09. The van der Waals surface area contributed by atoms with Crippen LogP contribution < -0.4 is 0 Å². The van der Waals surface area contributed by atoms with Gasteiger partial charge in [-0.05, 0) is 36.5 Å². The van der Waals surface area contributed by atoms with E-state index in [-0.39, 0.29) is 5.92 Å². The highest BCUT2D eigenvalue weighted by Gasteiger charge is 2.19. The van der Waals surface area contributed by atoms with E-state index in [1.807, 2.05) is 0 Å². The van der Waals surface area contributed by atoms with E-state index in [0.717, 1.165) is 18.9 Å². The quantitative estimate of drug-likeness (QED) is 0.778. The average molecular weight is 214 g/mol. The maximum absolute atomic E-state index is 13.0. The maximum Gasteiger partial charge on any atom is 0.200 e. The zero-order valence-corrected chi connectivity index (χ0v) is 8.17. The van der Waals surface area contributed by atoms with E-state index in [1.165, 1.54) is 6.07 Å². The zero-order chi connectivity index (χ0) is 10.8. The van der Waals surface area contributed by atoms with Gasteiger partial charge in [0.25, 0.3) is 0 Å². The Hall–Kier alpha value is -1.16. The highest BCUT2D eigenvalue weighted by Crippen LogP contribution is 2.31. The molecule has 0 amide bonds. The topological polar surface area (TPSA) is 29.5 Å². The summed E-state index contributed by atoms with van der Waals surface area (Å²) in [5.74, 6) is -2.63. The molecular formula is C11H12F2O2. The molecule has 0 radical (unpaired) electrons. The highest BCUT2D eigenvalue weighted by atomic mass is 19.2. The van der Waals surface area contributed by atoms with Crippen LogP contribution in [0.1, 0.15) is 24.3 Å². The average Bonchev–Trinajstić information content (AvgIpc) is 2.26. The number of ether oxygens (including phenoxy) is 1. The fourth-order valence-electron chi connectivity index (χ4n) is 1.86. The molecule has 1 fully saturated rings. The summed E-state index contributed by atoms with van der Waals surface area (Å²) < 4.78 is 31.0. The Balaban J connectivity index is 2.27. The van der Waals surface area contributed by atoms with Gasteiger partial charge in [0, 0.05) is 13.2 Å². The van der Waals surface area contributed by atoms with E-state index in [1.54, 1.807) is 0 Å². The summed E-state index contributed by atoms with van der Waals surface area (Å²) in [6.07, 6.45) is 1.56. The third-order valence-electron chi connectivity index (χ3n) is 2.72. The van der Waals surface area contributed by atoms with Gasteiger partial charge in [-0.25, -0.2) is 4.39 Å². The van der Waals surface area contributed by atoms with Gasteiger partial charge in [0.05, 0.1) is 0 Å². The lowest BCUT2D eigenvalue weighted by atomic mass is 9.91. The van der Waals surface area contributed by atoms with Gasteiger partial charge in [-0.2, -0.15) is 4.39 Å². The molecule has 15 heavy (non-hydrogen) atoms. The second kappa shape index (κ2) is 4.14. The van der Waals surface area contributed by atoms with Crippen LogP contribution in [-0.4, -0.2) is 18.3 Å². The van der Waals surface area contributed by atoms with Crippen LogP contribution in [0.25, 0.3) is 0 Å². The fourth-order valence-corrected chi connectivity index (χ4v) is 1.86. The Morgan fingerprint density at radius 3 is 2.47 bits per heavy atom. The van der Waals surface area contributed by atoms with Crippen LogP contribution in [0.3, 0.4) is 0 Å². The molecule has 1 aliphatic rings. The number of phenolic OH excluding ortho intramolecular Hbond substituents is 1. The van der Waals surface area contributed by atoms with Crippen molar-refractivity contribution in [3.05, 3.63) is 29.3 Å². The van der Waals surface area contributed by atoms with Crippen molar-refractivity contribution in [2.75, 3.05) is 13.2 Å².